The molecule has 96 valence electrons. The quantitative estimate of drug-likeness (QED) is 0.905. The van der Waals surface area contributed by atoms with E-state index in [9.17, 15) is 0 Å². The lowest BCUT2D eigenvalue weighted by molar-refractivity contribution is 0.587. The minimum atomic E-state index is 0.353. The molecule has 0 atom stereocenters. The smallest absolute Gasteiger partial charge is 0.167 e. The van der Waals surface area contributed by atoms with E-state index in [1.807, 2.05) is 6.92 Å². The first kappa shape index (κ1) is 11.7. The van der Waals surface area contributed by atoms with E-state index in [1.165, 1.54) is 23.3 Å². The van der Waals surface area contributed by atoms with Crippen LogP contribution in [0.4, 0.5) is 5.00 Å². The zero-order valence-corrected chi connectivity index (χ0v) is 11.8. The summed E-state index contributed by atoms with van der Waals surface area (Å²) in [4.78, 5) is 1.44. The van der Waals surface area contributed by atoms with Gasteiger partial charge in [0, 0.05) is 10.9 Å². The van der Waals surface area contributed by atoms with Crippen LogP contribution in [0.3, 0.4) is 0 Å². The van der Waals surface area contributed by atoms with E-state index in [0.29, 0.717) is 6.04 Å². The summed E-state index contributed by atoms with van der Waals surface area (Å²) < 4.78 is 2.18. The summed E-state index contributed by atoms with van der Waals surface area (Å²) in [6, 6.07) is 0.353. The van der Waals surface area contributed by atoms with E-state index in [1.54, 1.807) is 11.3 Å². The number of nitrogens with zero attached hydrogens (tertiary/aromatic N) is 3. The summed E-state index contributed by atoms with van der Waals surface area (Å²) in [6.07, 6.45) is 3.53. The van der Waals surface area contributed by atoms with Crippen molar-refractivity contribution in [2.24, 2.45) is 0 Å². The van der Waals surface area contributed by atoms with Crippen LogP contribution in [0.1, 0.15) is 42.6 Å². The van der Waals surface area contributed by atoms with Crippen LogP contribution in [0.5, 0.6) is 0 Å². The molecule has 0 fully saturated rings. The van der Waals surface area contributed by atoms with Gasteiger partial charge in [0.15, 0.2) is 5.82 Å². The number of hydrogen-bond acceptors (Lipinski definition) is 4. The molecule has 0 aromatic carbocycles. The third-order valence-corrected chi connectivity index (χ3v) is 4.68. The molecular formula is C13H18N4S. The van der Waals surface area contributed by atoms with Crippen LogP contribution in [0.25, 0.3) is 11.4 Å². The number of nitrogen functional groups attached to an aromatic ring is 1. The molecule has 0 amide bonds. The molecule has 0 spiro atoms. The number of nitrogens with two attached hydrogens (primary N) is 1. The Morgan fingerprint density at radius 1 is 1.28 bits per heavy atom. The summed E-state index contributed by atoms with van der Waals surface area (Å²) in [5.74, 6) is 1.90. The molecular weight excluding hydrogens is 244 g/mol. The largest absolute Gasteiger partial charge is 0.390 e. The minimum absolute atomic E-state index is 0.353. The van der Waals surface area contributed by atoms with Crippen molar-refractivity contribution in [2.75, 3.05) is 5.73 Å². The number of fused-ring (bicyclic) bond motifs is 1. The molecule has 0 unspecified atom stereocenters. The number of aryl methyl sites for hydroxylation is 2. The number of thiophene rings is 1. The molecule has 0 saturated carbocycles. The highest BCUT2D eigenvalue weighted by Gasteiger charge is 2.26. The fourth-order valence-corrected chi connectivity index (χ4v) is 3.98. The summed E-state index contributed by atoms with van der Waals surface area (Å²) in [6.45, 7) is 6.31. The van der Waals surface area contributed by atoms with E-state index >= 15 is 0 Å². The summed E-state index contributed by atoms with van der Waals surface area (Å²) in [7, 11) is 0. The molecule has 2 aromatic heterocycles. The maximum Gasteiger partial charge on any atom is 0.167 e. The SMILES string of the molecule is Cc1nnc(-c2c(N)sc3c2CCC3)n1C(C)C. The topological polar surface area (TPSA) is 56.7 Å². The summed E-state index contributed by atoms with van der Waals surface area (Å²) in [5.41, 5.74) is 8.75. The van der Waals surface area contributed by atoms with Crippen LogP contribution in [0, 0.1) is 6.92 Å². The van der Waals surface area contributed by atoms with Crippen LogP contribution in [0.15, 0.2) is 0 Å². The highest BCUT2D eigenvalue weighted by molar-refractivity contribution is 7.16. The van der Waals surface area contributed by atoms with Crippen molar-refractivity contribution in [3.05, 3.63) is 16.3 Å². The number of anilines is 1. The van der Waals surface area contributed by atoms with Gasteiger partial charge in [0.1, 0.15) is 5.82 Å². The number of hydrogen-bond donors (Lipinski definition) is 1. The summed E-state index contributed by atoms with van der Waals surface area (Å²) >= 11 is 1.72. The van der Waals surface area contributed by atoms with Gasteiger partial charge >= 0.3 is 0 Å². The minimum Gasteiger partial charge on any atom is -0.390 e. The van der Waals surface area contributed by atoms with Gasteiger partial charge in [-0.1, -0.05) is 0 Å². The van der Waals surface area contributed by atoms with Gasteiger partial charge in [-0.25, -0.2) is 0 Å². The van der Waals surface area contributed by atoms with E-state index in [2.05, 4.69) is 28.6 Å². The normalized spacial score (nSPS) is 14.4. The van der Waals surface area contributed by atoms with Gasteiger partial charge in [-0.2, -0.15) is 0 Å². The second-order valence-electron chi connectivity index (χ2n) is 5.13. The van der Waals surface area contributed by atoms with Crippen LogP contribution in [-0.4, -0.2) is 14.8 Å². The average Bonchev–Trinajstić information content (AvgIpc) is 2.92. The lowest BCUT2D eigenvalue weighted by Gasteiger charge is -2.13. The van der Waals surface area contributed by atoms with Gasteiger partial charge in [-0.05, 0) is 45.6 Å². The third-order valence-electron chi connectivity index (χ3n) is 3.55. The Kier molecular flexibility index (Phi) is 2.66. The monoisotopic (exact) mass is 262 g/mol. The van der Waals surface area contributed by atoms with Crippen molar-refractivity contribution >= 4 is 16.3 Å². The van der Waals surface area contributed by atoms with Crippen molar-refractivity contribution in [1.29, 1.82) is 0 Å². The molecule has 0 saturated heterocycles. The molecule has 1 aliphatic rings. The molecule has 0 bridgehead atoms. The highest BCUT2D eigenvalue weighted by atomic mass is 32.1. The van der Waals surface area contributed by atoms with E-state index in [-0.39, 0.29) is 0 Å². The predicted octanol–water partition coefficient (Wildman–Crippen LogP) is 2.97. The Labute approximate surface area is 111 Å². The lowest BCUT2D eigenvalue weighted by Crippen LogP contribution is -2.06. The van der Waals surface area contributed by atoms with Crippen LogP contribution >= 0.6 is 11.3 Å². The van der Waals surface area contributed by atoms with E-state index in [0.717, 1.165) is 28.6 Å². The molecule has 3 rings (SSSR count). The Balaban J connectivity index is 2.22. The maximum absolute atomic E-state index is 6.20. The zero-order chi connectivity index (χ0) is 12.9. The van der Waals surface area contributed by atoms with E-state index < -0.39 is 0 Å². The van der Waals surface area contributed by atoms with Gasteiger partial charge < -0.3 is 10.3 Å². The van der Waals surface area contributed by atoms with E-state index in [4.69, 9.17) is 5.73 Å². The Bertz CT molecular complexity index is 594. The molecule has 2 aromatic rings. The van der Waals surface area contributed by atoms with Crippen LogP contribution in [-0.2, 0) is 12.8 Å². The summed E-state index contributed by atoms with van der Waals surface area (Å²) in [5, 5.41) is 9.48. The molecule has 1 aliphatic carbocycles. The van der Waals surface area contributed by atoms with Crippen molar-refractivity contribution in [1.82, 2.24) is 14.8 Å². The van der Waals surface area contributed by atoms with Crippen LogP contribution < -0.4 is 5.73 Å². The Hall–Kier alpha value is -1.36. The van der Waals surface area contributed by atoms with Gasteiger partial charge in [0.05, 0.1) is 10.6 Å². The first-order chi connectivity index (χ1) is 8.59. The fourth-order valence-electron chi connectivity index (χ4n) is 2.83. The fraction of sp³-hybridized carbons (Fsp3) is 0.538. The van der Waals surface area contributed by atoms with Crippen molar-refractivity contribution < 1.29 is 0 Å². The lowest BCUT2D eigenvalue weighted by atomic mass is 10.1. The average molecular weight is 262 g/mol. The van der Waals surface area contributed by atoms with Crippen molar-refractivity contribution in [3.8, 4) is 11.4 Å². The molecule has 0 radical (unpaired) electrons. The number of rotatable bonds is 2. The van der Waals surface area contributed by atoms with Crippen molar-refractivity contribution in [3.63, 3.8) is 0 Å². The second-order valence-corrected chi connectivity index (χ2v) is 6.27. The van der Waals surface area contributed by atoms with Gasteiger partial charge in [-0.15, -0.1) is 21.5 Å². The second kappa shape index (κ2) is 4.09. The standard InChI is InChI=1S/C13H18N4S/c1-7(2)17-8(3)15-16-13(17)11-9-5-4-6-10(9)18-12(11)14/h7H,4-6,14H2,1-3H3. The predicted molar refractivity (Wildman–Crippen MR) is 74.9 cm³/mol. The third kappa shape index (κ3) is 1.57. The molecule has 18 heavy (non-hydrogen) atoms. The number of aromatic nitrogens is 3. The molecule has 2 N–H and O–H groups in total. The van der Waals surface area contributed by atoms with Crippen molar-refractivity contribution in [2.45, 2.75) is 46.1 Å². The van der Waals surface area contributed by atoms with Gasteiger partial charge in [0.25, 0.3) is 0 Å². The molecule has 5 heteroatoms. The highest BCUT2D eigenvalue weighted by Crippen LogP contribution is 2.43. The first-order valence-corrected chi connectivity index (χ1v) is 7.23. The first-order valence-electron chi connectivity index (χ1n) is 6.41. The molecule has 0 aliphatic heterocycles. The Morgan fingerprint density at radius 3 is 2.78 bits per heavy atom. The molecule has 4 nitrogen and oxygen atoms in total. The van der Waals surface area contributed by atoms with Crippen LogP contribution in [0.2, 0.25) is 0 Å². The Morgan fingerprint density at radius 2 is 2.06 bits per heavy atom. The molecule has 2 heterocycles. The van der Waals surface area contributed by atoms with Gasteiger partial charge in [-0.3, -0.25) is 0 Å². The maximum atomic E-state index is 6.20. The van der Waals surface area contributed by atoms with Gasteiger partial charge in [0.2, 0.25) is 0 Å². The zero-order valence-electron chi connectivity index (χ0n) is 11.0.